The molecule has 6 nitrogen and oxygen atoms in total. The Morgan fingerprint density at radius 2 is 1.47 bits per heavy atom. The Kier molecular flexibility index (Phi) is 6.64. The van der Waals surface area contributed by atoms with Crippen LogP contribution in [0.2, 0.25) is 0 Å². The molecule has 1 fully saturated rings. The predicted octanol–water partition coefficient (Wildman–Crippen LogP) is 3.37. The van der Waals surface area contributed by atoms with Gasteiger partial charge in [0.05, 0.1) is 29.7 Å². The number of amides is 1. The summed E-state index contributed by atoms with van der Waals surface area (Å²) in [4.78, 5) is 13.0. The van der Waals surface area contributed by atoms with Crippen LogP contribution in [0, 0.1) is 5.82 Å². The molecule has 0 atom stereocenters. The van der Waals surface area contributed by atoms with E-state index in [4.69, 9.17) is 4.74 Å². The van der Waals surface area contributed by atoms with E-state index >= 15 is 0 Å². The number of carbonyl (C=O) groups excluding carboxylic acids is 1. The Morgan fingerprint density at radius 3 is 2.03 bits per heavy atom. The van der Waals surface area contributed by atoms with Gasteiger partial charge in [-0.15, -0.1) is 0 Å². The average Bonchev–Trinajstić information content (AvgIpc) is 2.84. The number of ether oxygens (including phenoxy) is 1. The summed E-state index contributed by atoms with van der Waals surface area (Å²) in [5.74, 6) is -1.48. The van der Waals surface area contributed by atoms with E-state index in [1.807, 2.05) is 60.7 Å². The first-order chi connectivity index (χ1) is 15.5. The largest absolute Gasteiger partial charge is 0.379 e. The van der Waals surface area contributed by atoms with Crippen molar-refractivity contribution >= 4 is 15.9 Å². The molecule has 0 saturated carbocycles. The Balaban J connectivity index is 1.65. The predicted molar refractivity (Wildman–Crippen MR) is 118 cm³/mol. The van der Waals surface area contributed by atoms with Crippen LogP contribution in [-0.4, -0.2) is 44.9 Å². The number of hydrogen-bond acceptors (Lipinski definition) is 4. The minimum absolute atomic E-state index is 0.123. The number of benzene rings is 3. The molecule has 3 aromatic carbocycles. The summed E-state index contributed by atoms with van der Waals surface area (Å²) in [5, 5.41) is 2.86. The number of sulfonamides is 1. The second-order valence-electron chi connectivity index (χ2n) is 7.39. The van der Waals surface area contributed by atoms with Gasteiger partial charge in [-0.05, 0) is 29.3 Å². The summed E-state index contributed by atoms with van der Waals surface area (Å²) in [6.07, 6.45) is 0. The van der Waals surface area contributed by atoms with Crippen molar-refractivity contribution < 1.29 is 22.3 Å². The lowest BCUT2D eigenvalue weighted by atomic mass is 9.98. The third-order valence-corrected chi connectivity index (χ3v) is 7.23. The summed E-state index contributed by atoms with van der Waals surface area (Å²) in [7, 11) is -3.86. The highest BCUT2D eigenvalue weighted by Gasteiger charge is 2.28. The molecule has 8 heteroatoms. The second-order valence-corrected chi connectivity index (χ2v) is 9.32. The van der Waals surface area contributed by atoms with Crippen molar-refractivity contribution in [1.29, 1.82) is 0 Å². The molecule has 0 aliphatic carbocycles. The lowest BCUT2D eigenvalue weighted by Gasteiger charge is -2.26. The van der Waals surface area contributed by atoms with Gasteiger partial charge in [0.25, 0.3) is 5.91 Å². The molecule has 3 aromatic rings. The van der Waals surface area contributed by atoms with Crippen molar-refractivity contribution in [3.8, 4) is 0 Å². The molecular formula is C24H23FN2O4S. The highest BCUT2D eigenvalue weighted by Crippen LogP contribution is 2.24. The molecule has 1 saturated heterocycles. The topological polar surface area (TPSA) is 75.7 Å². The van der Waals surface area contributed by atoms with E-state index in [9.17, 15) is 17.6 Å². The number of halogens is 1. The second kappa shape index (κ2) is 9.60. The third kappa shape index (κ3) is 4.72. The first-order valence-corrected chi connectivity index (χ1v) is 11.7. The highest BCUT2D eigenvalue weighted by molar-refractivity contribution is 7.89. The smallest absolute Gasteiger partial charge is 0.255 e. The standard InChI is InChI=1S/C24H23FN2O4S/c25-22-12-11-20(32(29,30)27-13-15-31-16-14-27)17-21(22)24(28)26-23(18-7-3-1-4-8-18)19-9-5-2-6-10-19/h1-12,17,23H,13-16H2,(H,26,28). The van der Waals surface area contributed by atoms with Crippen LogP contribution in [0.15, 0.2) is 83.8 Å². The number of rotatable bonds is 6. The number of nitrogens with one attached hydrogen (secondary N) is 1. The van der Waals surface area contributed by atoms with Gasteiger partial charge in [-0.2, -0.15) is 4.31 Å². The number of carbonyl (C=O) groups is 1. The summed E-state index contributed by atoms with van der Waals surface area (Å²) in [5.41, 5.74) is 1.32. The normalized spacial score (nSPS) is 14.9. The zero-order valence-electron chi connectivity index (χ0n) is 17.3. The van der Waals surface area contributed by atoms with Crippen LogP contribution in [0.5, 0.6) is 0 Å². The van der Waals surface area contributed by atoms with Gasteiger partial charge in [0.1, 0.15) is 5.82 Å². The third-order valence-electron chi connectivity index (χ3n) is 5.33. The molecular weight excluding hydrogens is 431 g/mol. The quantitative estimate of drug-likeness (QED) is 0.620. The summed E-state index contributed by atoms with van der Waals surface area (Å²) >= 11 is 0. The van der Waals surface area contributed by atoms with Crippen molar-refractivity contribution in [3.05, 3.63) is 101 Å². The minimum atomic E-state index is -3.86. The molecule has 0 radical (unpaired) electrons. The van der Waals surface area contributed by atoms with Gasteiger partial charge in [0.2, 0.25) is 10.0 Å². The van der Waals surface area contributed by atoms with E-state index in [0.29, 0.717) is 13.2 Å². The molecule has 1 aliphatic rings. The Morgan fingerprint density at radius 1 is 0.906 bits per heavy atom. The van der Waals surface area contributed by atoms with E-state index in [1.165, 1.54) is 10.4 Å². The zero-order valence-corrected chi connectivity index (χ0v) is 18.1. The van der Waals surface area contributed by atoms with E-state index in [1.54, 1.807) is 0 Å². The fourth-order valence-electron chi connectivity index (χ4n) is 3.63. The molecule has 1 heterocycles. The molecule has 4 rings (SSSR count). The van der Waals surface area contributed by atoms with Crippen LogP contribution >= 0.6 is 0 Å². The average molecular weight is 455 g/mol. The first-order valence-electron chi connectivity index (χ1n) is 10.2. The summed E-state index contributed by atoms with van der Waals surface area (Å²) in [6.45, 7) is 1.02. The van der Waals surface area contributed by atoms with Crippen molar-refractivity contribution in [2.75, 3.05) is 26.3 Å². The molecule has 166 valence electrons. The van der Waals surface area contributed by atoms with E-state index < -0.39 is 27.8 Å². The van der Waals surface area contributed by atoms with Gasteiger partial charge in [0.15, 0.2) is 0 Å². The maximum absolute atomic E-state index is 14.6. The molecule has 1 N–H and O–H groups in total. The van der Waals surface area contributed by atoms with Gasteiger partial charge >= 0.3 is 0 Å². The van der Waals surface area contributed by atoms with Gasteiger partial charge in [-0.3, -0.25) is 4.79 Å². The Labute approximate surface area is 186 Å². The molecule has 0 bridgehead atoms. The number of nitrogens with zero attached hydrogens (tertiary/aromatic N) is 1. The first kappa shape index (κ1) is 22.1. The van der Waals surface area contributed by atoms with Crippen LogP contribution in [0.4, 0.5) is 4.39 Å². The van der Waals surface area contributed by atoms with Crippen LogP contribution < -0.4 is 5.32 Å². The fraction of sp³-hybridized carbons (Fsp3) is 0.208. The molecule has 0 spiro atoms. The van der Waals surface area contributed by atoms with E-state index in [-0.39, 0.29) is 23.5 Å². The number of hydrogen-bond donors (Lipinski definition) is 1. The van der Waals surface area contributed by atoms with Gasteiger partial charge in [-0.25, -0.2) is 12.8 Å². The van der Waals surface area contributed by atoms with Crippen LogP contribution in [0.1, 0.15) is 27.5 Å². The van der Waals surface area contributed by atoms with Crippen LogP contribution in [0.3, 0.4) is 0 Å². The maximum atomic E-state index is 14.6. The van der Waals surface area contributed by atoms with Crippen molar-refractivity contribution in [3.63, 3.8) is 0 Å². The van der Waals surface area contributed by atoms with E-state index in [0.717, 1.165) is 23.3 Å². The van der Waals surface area contributed by atoms with Crippen LogP contribution in [-0.2, 0) is 14.8 Å². The van der Waals surface area contributed by atoms with Gasteiger partial charge < -0.3 is 10.1 Å². The molecule has 1 amide bonds. The fourth-order valence-corrected chi connectivity index (χ4v) is 5.07. The molecule has 32 heavy (non-hydrogen) atoms. The monoisotopic (exact) mass is 454 g/mol. The van der Waals surface area contributed by atoms with Crippen molar-refractivity contribution in [2.45, 2.75) is 10.9 Å². The Bertz CT molecular complexity index is 1140. The maximum Gasteiger partial charge on any atom is 0.255 e. The SMILES string of the molecule is O=C(NC(c1ccccc1)c1ccccc1)c1cc(S(=O)(=O)N2CCOCC2)ccc1F. The highest BCUT2D eigenvalue weighted by atomic mass is 32.2. The van der Waals surface area contributed by atoms with Crippen molar-refractivity contribution in [2.24, 2.45) is 0 Å². The van der Waals surface area contributed by atoms with Gasteiger partial charge in [-0.1, -0.05) is 60.7 Å². The van der Waals surface area contributed by atoms with Crippen LogP contribution in [0.25, 0.3) is 0 Å². The molecule has 0 unspecified atom stereocenters. The van der Waals surface area contributed by atoms with E-state index in [2.05, 4.69) is 5.32 Å². The summed E-state index contributed by atoms with van der Waals surface area (Å²) < 4.78 is 47.0. The zero-order chi connectivity index (χ0) is 22.6. The molecule has 1 aliphatic heterocycles. The number of morpholine rings is 1. The lowest BCUT2D eigenvalue weighted by Crippen LogP contribution is -2.40. The minimum Gasteiger partial charge on any atom is -0.379 e. The summed E-state index contributed by atoms with van der Waals surface area (Å²) in [6, 6.07) is 21.4. The van der Waals surface area contributed by atoms with Crippen molar-refractivity contribution in [1.82, 2.24) is 9.62 Å². The lowest BCUT2D eigenvalue weighted by molar-refractivity contribution is 0.0730. The molecule has 0 aromatic heterocycles. The Hall–Kier alpha value is -3.07. The van der Waals surface area contributed by atoms with Gasteiger partial charge in [0, 0.05) is 13.1 Å².